The standard InChI is InChI=1S/C13H19N3/c1-9(2)6-13-11-7-10(8-14)4-5-12(11)15-16(13)3/h4-5,7,9H,6,8,14H2,1-3H3. The van der Waals surface area contributed by atoms with Crippen molar-refractivity contribution in [2.24, 2.45) is 18.7 Å². The Balaban J connectivity index is 2.56. The number of hydrogen-bond acceptors (Lipinski definition) is 2. The van der Waals surface area contributed by atoms with E-state index < -0.39 is 0 Å². The van der Waals surface area contributed by atoms with Crippen molar-refractivity contribution in [1.82, 2.24) is 9.78 Å². The molecule has 0 aliphatic heterocycles. The van der Waals surface area contributed by atoms with Crippen LogP contribution in [0.4, 0.5) is 0 Å². The van der Waals surface area contributed by atoms with E-state index in [1.165, 1.54) is 16.6 Å². The van der Waals surface area contributed by atoms with Crippen LogP contribution in [0.1, 0.15) is 25.1 Å². The van der Waals surface area contributed by atoms with E-state index in [1.54, 1.807) is 0 Å². The average molecular weight is 217 g/mol. The first-order valence-corrected chi connectivity index (χ1v) is 5.76. The number of aromatic nitrogens is 2. The summed E-state index contributed by atoms with van der Waals surface area (Å²) in [4.78, 5) is 0. The van der Waals surface area contributed by atoms with E-state index in [4.69, 9.17) is 5.73 Å². The van der Waals surface area contributed by atoms with Gasteiger partial charge in [-0.05, 0) is 30.0 Å². The highest BCUT2D eigenvalue weighted by atomic mass is 15.3. The number of aryl methyl sites for hydroxylation is 1. The Morgan fingerprint density at radius 1 is 1.38 bits per heavy atom. The van der Waals surface area contributed by atoms with Crippen molar-refractivity contribution in [3.05, 3.63) is 29.5 Å². The van der Waals surface area contributed by atoms with Crippen LogP contribution in [0.5, 0.6) is 0 Å². The van der Waals surface area contributed by atoms with E-state index in [9.17, 15) is 0 Å². The summed E-state index contributed by atoms with van der Waals surface area (Å²) < 4.78 is 1.99. The molecule has 0 bridgehead atoms. The largest absolute Gasteiger partial charge is 0.326 e. The van der Waals surface area contributed by atoms with Crippen LogP contribution in [0.15, 0.2) is 18.2 Å². The third-order valence-electron chi connectivity index (χ3n) is 2.86. The first kappa shape index (κ1) is 11.1. The van der Waals surface area contributed by atoms with Gasteiger partial charge in [0, 0.05) is 24.7 Å². The van der Waals surface area contributed by atoms with Crippen molar-refractivity contribution in [2.75, 3.05) is 0 Å². The fourth-order valence-corrected chi connectivity index (χ4v) is 2.05. The van der Waals surface area contributed by atoms with Gasteiger partial charge in [0.2, 0.25) is 0 Å². The molecule has 86 valence electrons. The third kappa shape index (κ3) is 1.95. The summed E-state index contributed by atoms with van der Waals surface area (Å²) in [7, 11) is 2.01. The average Bonchev–Trinajstić information content (AvgIpc) is 2.54. The highest BCUT2D eigenvalue weighted by Gasteiger charge is 2.10. The Morgan fingerprint density at radius 2 is 2.12 bits per heavy atom. The Morgan fingerprint density at radius 3 is 2.75 bits per heavy atom. The minimum atomic E-state index is 0.589. The van der Waals surface area contributed by atoms with Crippen molar-refractivity contribution in [1.29, 1.82) is 0 Å². The topological polar surface area (TPSA) is 43.8 Å². The van der Waals surface area contributed by atoms with Crippen molar-refractivity contribution >= 4 is 10.9 Å². The SMILES string of the molecule is CC(C)Cc1c2cc(CN)ccc2nn1C. The van der Waals surface area contributed by atoms with Gasteiger partial charge in [-0.3, -0.25) is 4.68 Å². The zero-order valence-corrected chi connectivity index (χ0v) is 10.2. The first-order valence-electron chi connectivity index (χ1n) is 5.76. The highest BCUT2D eigenvalue weighted by Crippen LogP contribution is 2.21. The van der Waals surface area contributed by atoms with Crippen molar-refractivity contribution in [2.45, 2.75) is 26.8 Å². The molecule has 0 unspecified atom stereocenters. The minimum Gasteiger partial charge on any atom is -0.326 e. The normalized spacial score (nSPS) is 11.6. The van der Waals surface area contributed by atoms with Crippen LogP contribution in [0.2, 0.25) is 0 Å². The molecule has 0 atom stereocenters. The lowest BCUT2D eigenvalue weighted by Crippen LogP contribution is -2.02. The van der Waals surface area contributed by atoms with E-state index in [1.807, 2.05) is 11.7 Å². The van der Waals surface area contributed by atoms with Gasteiger partial charge in [-0.15, -0.1) is 0 Å². The number of fused-ring (bicyclic) bond motifs is 1. The molecule has 0 radical (unpaired) electrons. The van der Waals surface area contributed by atoms with Crippen LogP contribution < -0.4 is 5.73 Å². The molecule has 3 heteroatoms. The van der Waals surface area contributed by atoms with Crippen LogP contribution >= 0.6 is 0 Å². The molecule has 0 saturated heterocycles. The van der Waals surface area contributed by atoms with Gasteiger partial charge in [0.05, 0.1) is 5.52 Å². The summed E-state index contributed by atoms with van der Waals surface area (Å²) in [6, 6.07) is 6.27. The Kier molecular flexibility index (Phi) is 2.97. The number of rotatable bonds is 3. The molecule has 1 heterocycles. The van der Waals surface area contributed by atoms with Gasteiger partial charge in [0.25, 0.3) is 0 Å². The van der Waals surface area contributed by atoms with E-state index in [2.05, 4.69) is 37.1 Å². The second-order valence-corrected chi connectivity index (χ2v) is 4.72. The molecule has 3 nitrogen and oxygen atoms in total. The zero-order chi connectivity index (χ0) is 11.7. The molecule has 0 amide bonds. The van der Waals surface area contributed by atoms with Gasteiger partial charge >= 0.3 is 0 Å². The van der Waals surface area contributed by atoms with Crippen LogP contribution in [0.25, 0.3) is 10.9 Å². The maximum absolute atomic E-state index is 5.67. The molecule has 2 rings (SSSR count). The Labute approximate surface area is 96.2 Å². The quantitative estimate of drug-likeness (QED) is 0.856. The maximum atomic E-state index is 5.67. The molecule has 1 aromatic heterocycles. The van der Waals surface area contributed by atoms with Gasteiger partial charge in [-0.25, -0.2) is 0 Å². The van der Waals surface area contributed by atoms with Crippen molar-refractivity contribution < 1.29 is 0 Å². The lowest BCUT2D eigenvalue weighted by molar-refractivity contribution is 0.599. The number of nitrogens with zero attached hydrogens (tertiary/aromatic N) is 2. The van der Waals surface area contributed by atoms with Crippen LogP contribution in [-0.2, 0) is 20.0 Å². The van der Waals surface area contributed by atoms with Gasteiger partial charge in [0.1, 0.15) is 0 Å². The predicted octanol–water partition coefficient (Wildman–Crippen LogP) is 2.23. The smallest absolute Gasteiger partial charge is 0.0926 e. The first-order chi connectivity index (χ1) is 7.61. The molecule has 0 aliphatic rings. The molecule has 2 aromatic rings. The predicted molar refractivity (Wildman–Crippen MR) is 67.1 cm³/mol. The summed E-state index contributed by atoms with van der Waals surface area (Å²) in [6.07, 6.45) is 1.06. The second-order valence-electron chi connectivity index (χ2n) is 4.72. The summed E-state index contributed by atoms with van der Waals surface area (Å²) in [5.41, 5.74) is 9.21. The Bertz CT molecular complexity index is 497. The molecule has 0 fully saturated rings. The van der Waals surface area contributed by atoms with E-state index in [0.717, 1.165) is 11.9 Å². The maximum Gasteiger partial charge on any atom is 0.0926 e. The summed E-state index contributed by atoms with van der Waals surface area (Å²) in [6.45, 7) is 5.04. The van der Waals surface area contributed by atoms with E-state index in [0.29, 0.717) is 12.5 Å². The Hall–Kier alpha value is -1.35. The minimum absolute atomic E-state index is 0.589. The van der Waals surface area contributed by atoms with Gasteiger partial charge in [-0.2, -0.15) is 5.10 Å². The van der Waals surface area contributed by atoms with Crippen LogP contribution in [0, 0.1) is 5.92 Å². The van der Waals surface area contributed by atoms with Crippen LogP contribution in [-0.4, -0.2) is 9.78 Å². The lowest BCUT2D eigenvalue weighted by atomic mass is 10.0. The molecule has 0 spiro atoms. The fraction of sp³-hybridized carbons (Fsp3) is 0.462. The second kappa shape index (κ2) is 4.26. The molecule has 1 aromatic carbocycles. The molecular formula is C13H19N3. The highest BCUT2D eigenvalue weighted by molar-refractivity contribution is 5.82. The van der Waals surface area contributed by atoms with Crippen molar-refractivity contribution in [3.8, 4) is 0 Å². The summed E-state index contributed by atoms with van der Waals surface area (Å²) in [5, 5.41) is 5.77. The summed E-state index contributed by atoms with van der Waals surface area (Å²) >= 11 is 0. The van der Waals surface area contributed by atoms with Gasteiger partial charge in [0.15, 0.2) is 0 Å². The lowest BCUT2D eigenvalue weighted by Gasteiger charge is -2.06. The number of nitrogens with two attached hydrogens (primary N) is 1. The van der Waals surface area contributed by atoms with Gasteiger partial charge < -0.3 is 5.73 Å². The molecule has 0 aliphatic carbocycles. The molecule has 2 N–H and O–H groups in total. The third-order valence-corrected chi connectivity index (χ3v) is 2.86. The van der Waals surface area contributed by atoms with E-state index >= 15 is 0 Å². The molecule has 0 saturated carbocycles. The monoisotopic (exact) mass is 217 g/mol. The van der Waals surface area contributed by atoms with Gasteiger partial charge in [-0.1, -0.05) is 19.9 Å². The summed E-state index contributed by atoms with van der Waals surface area (Å²) in [5.74, 6) is 0.639. The zero-order valence-electron chi connectivity index (χ0n) is 10.2. The number of hydrogen-bond donors (Lipinski definition) is 1. The number of benzene rings is 1. The van der Waals surface area contributed by atoms with E-state index in [-0.39, 0.29) is 0 Å². The van der Waals surface area contributed by atoms with Crippen LogP contribution in [0.3, 0.4) is 0 Å². The molecular weight excluding hydrogens is 198 g/mol. The fourth-order valence-electron chi connectivity index (χ4n) is 2.05. The van der Waals surface area contributed by atoms with Crippen molar-refractivity contribution in [3.63, 3.8) is 0 Å². The molecule has 16 heavy (non-hydrogen) atoms.